The van der Waals surface area contributed by atoms with E-state index in [0.29, 0.717) is 0 Å². The van der Waals surface area contributed by atoms with Gasteiger partial charge in [-0.25, -0.2) is 4.21 Å². The molecule has 1 heterocycles. The fourth-order valence-electron chi connectivity index (χ4n) is 1.13. The van der Waals surface area contributed by atoms with Crippen molar-refractivity contribution < 1.29 is 4.21 Å². The Morgan fingerprint density at radius 2 is 2.27 bits per heavy atom. The first-order valence-electron chi connectivity index (χ1n) is 4.49. The molecule has 0 aliphatic rings. The number of aryl methyl sites for hydroxylation is 1. The summed E-state index contributed by atoms with van der Waals surface area (Å²) in [5.41, 5.74) is 1.75. The molecular weight excluding hydrogens is 210 g/mol. The number of rotatable bonds is 2. The zero-order chi connectivity index (χ0) is 11.5. The number of aromatic nitrogens is 1. The molecule has 1 aromatic heterocycles. The monoisotopic (exact) mass is 223 g/mol. The molecule has 2 atom stereocenters. The molecule has 0 fully saturated rings. The summed E-state index contributed by atoms with van der Waals surface area (Å²) in [6, 6.07) is 3.72. The summed E-state index contributed by atoms with van der Waals surface area (Å²) < 4.78 is 15.4. The topological polar surface area (TPSA) is 66.1 Å². The highest BCUT2D eigenvalue weighted by molar-refractivity contribution is 7.93. The Hall–Kier alpha value is -1.41. The molecule has 80 valence electrons. The Morgan fingerprint density at radius 3 is 2.73 bits per heavy atom. The van der Waals surface area contributed by atoms with Crippen LogP contribution in [0.15, 0.2) is 22.7 Å². The van der Waals surface area contributed by atoms with E-state index in [1.165, 1.54) is 6.26 Å². The third-order valence-electron chi connectivity index (χ3n) is 2.28. The van der Waals surface area contributed by atoms with Gasteiger partial charge in [-0.15, -0.1) is 4.36 Å². The van der Waals surface area contributed by atoms with Crippen molar-refractivity contribution in [2.45, 2.75) is 19.1 Å². The van der Waals surface area contributed by atoms with Crippen LogP contribution in [0.2, 0.25) is 0 Å². The van der Waals surface area contributed by atoms with Gasteiger partial charge in [0.15, 0.2) is 0 Å². The quantitative estimate of drug-likeness (QED) is 0.720. The van der Waals surface area contributed by atoms with E-state index in [-0.39, 0.29) is 5.25 Å². The van der Waals surface area contributed by atoms with Gasteiger partial charge in [0.2, 0.25) is 6.19 Å². The molecule has 4 nitrogen and oxygen atoms in total. The van der Waals surface area contributed by atoms with E-state index in [0.717, 1.165) is 11.3 Å². The fraction of sp³-hybridized carbons (Fsp3) is 0.400. The molecule has 0 aliphatic carbocycles. The van der Waals surface area contributed by atoms with Gasteiger partial charge in [-0.1, -0.05) is 6.07 Å². The molecule has 0 radical (unpaired) electrons. The van der Waals surface area contributed by atoms with Crippen molar-refractivity contribution in [1.82, 2.24) is 4.98 Å². The van der Waals surface area contributed by atoms with Gasteiger partial charge in [0, 0.05) is 18.1 Å². The summed E-state index contributed by atoms with van der Waals surface area (Å²) in [5.74, 6) is 0. The van der Waals surface area contributed by atoms with Crippen LogP contribution in [-0.2, 0) is 9.73 Å². The molecule has 1 rings (SSSR count). The largest absolute Gasteiger partial charge is 0.261 e. The molecule has 1 aromatic rings. The zero-order valence-corrected chi connectivity index (χ0v) is 9.78. The van der Waals surface area contributed by atoms with Crippen molar-refractivity contribution in [3.8, 4) is 6.19 Å². The van der Waals surface area contributed by atoms with Crippen molar-refractivity contribution in [1.29, 1.82) is 5.26 Å². The SMILES string of the molecule is Cc1ccc(C(C)S(C)(=O)=NC#N)cn1. The smallest absolute Gasteiger partial charge is 0.214 e. The van der Waals surface area contributed by atoms with E-state index in [1.807, 2.05) is 19.1 Å². The second kappa shape index (κ2) is 4.41. The predicted octanol–water partition coefficient (Wildman–Crippen LogP) is 2.03. The predicted molar refractivity (Wildman–Crippen MR) is 59.5 cm³/mol. The lowest BCUT2D eigenvalue weighted by molar-refractivity contribution is 0.673. The highest BCUT2D eigenvalue weighted by Crippen LogP contribution is 2.21. The molecule has 5 heteroatoms. The summed E-state index contributed by atoms with van der Waals surface area (Å²) in [5, 5.41) is 8.14. The Kier molecular flexibility index (Phi) is 3.43. The molecule has 0 aromatic carbocycles. The third-order valence-corrected chi connectivity index (χ3v) is 4.31. The maximum absolute atomic E-state index is 12.0. The highest BCUT2D eigenvalue weighted by Gasteiger charge is 2.15. The van der Waals surface area contributed by atoms with E-state index >= 15 is 0 Å². The summed E-state index contributed by atoms with van der Waals surface area (Å²) in [6.07, 6.45) is 4.76. The summed E-state index contributed by atoms with van der Waals surface area (Å²) in [7, 11) is -2.50. The van der Waals surface area contributed by atoms with Crippen molar-refractivity contribution >= 4 is 9.73 Å². The van der Waals surface area contributed by atoms with Gasteiger partial charge < -0.3 is 0 Å². The fourth-order valence-corrected chi connectivity index (χ4v) is 2.10. The van der Waals surface area contributed by atoms with Crippen LogP contribution in [0.1, 0.15) is 23.4 Å². The number of nitriles is 1. The molecule has 0 aliphatic heterocycles. The first-order valence-corrected chi connectivity index (χ1v) is 6.47. The van der Waals surface area contributed by atoms with Crippen LogP contribution in [0.3, 0.4) is 0 Å². The van der Waals surface area contributed by atoms with Crippen LogP contribution >= 0.6 is 0 Å². The first kappa shape index (κ1) is 11.7. The van der Waals surface area contributed by atoms with Gasteiger partial charge in [0.1, 0.15) is 0 Å². The second-order valence-electron chi connectivity index (χ2n) is 3.43. The maximum atomic E-state index is 12.0. The lowest BCUT2D eigenvalue weighted by Gasteiger charge is -2.12. The van der Waals surface area contributed by atoms with Crippen LogP contribution in [0.4, 0.5) is 0 Å². The third kappa shape index (κ3) is 2.77. The summed E-state index contributed by atoms with van der Waals surface area (Å²) >= 11 is 0. The highest BCUT2D eigenvalue weighted by atomic mass is 32.2. The Labute approximate surface area is 90.1 Å². The van der Waals surface area contributed by atoms with Crippen molar-refractivity contribution in [3.05, 3.63) is 29.6 Å². The van der Waals surface area contributed by atoms with Crippen LogP contribution in [0.5, 0.6) is 0 Å². The second-order valence-corrected chi connectivity index (χ2v) is 6.04. The van der Waals surface area contributed by atoms with Gasteiger partial charge in [-0.3, -0.25) is 4.98 Å². The number of pyridine rings is 1. The van der Waals surface area contributed by atoms with E-state index in [9.17, 15) is 4.21 Å². The van der Waals surface area contributed by atoms with Crippen molar-refractivity contribution in [3.63, 3.8) is 0 Å². The molecule has 0 N–H and O–H groups in total. The Morgan fingerprint density at radius 1 is 1.60 bits per heavy atom. The molecule has 2 unspecified atom stereocenters. The minimum atomic E-state index is -2.50. The minimum Gasteiger partial charge on any atom is -0.261 e. The standard InChI is InChI=1S/C10H13N3OS/c1-8-4-5-10(6-12-8)9(2)15(3,14)13-7-11/h4-6,9H,1-3H3. The maximum Gasteiger partial charge on any atom is 0.214 e. The lowest BCUT2D eigenvalue weighted by Crippen LogP contribution is -2.07. The van der Waals surface area contributed by atoms with E-state index in [4.69, 9.17) is 5.26 Å². The van der Waals surface area contributed by atoms with Crippen molar-refractivity contribution in [2.75, 3.05) is 6.26 Å². The van der Waals surface area contributed by atoms with Gasteiger partial charge in [-0.2, -0.15) is 5.26 Å². The van der Waals surface area contributed by atoms with E-state index in [2.05, 4.69) is 9.35 Å². The molecular formula is C10H13N3OS. The zero-order valence-electron chi connectivity index (χ0n) is 8.97. The van der Waals surface area contributed by atoms with Crippen LogP contribution in [0.25, 0.3) is 0 Å². The number of nitrogens with zero attached hydrogens (tertiary/aromatic N) is 3. The number of hydrogen-bond acceptors (Lipinski definition) is 4. The average molecular weight is 223 g/mol. The Balaban J connectivity index is 3.12. The molecule has 0 spiro atoms. The van der Waals surface area contributed by atoms with Gasteiger partial charge in [0.25, 0.3) is 0 Å². The van der Waals surface area contributed by atoms with Gasteiger partial charge >= 0.3 is 0 Å². The molecule has 0 saturated carbocycles. The summed E-state index contributed by atoms with van der Waals surface area (Å²) in [6.45, 7) is 3.67. The molecule has 15 heavy (non-hydrogen) atoms. The normalized spacial score (nSPS) is 16.1. The van der Waals surface area contributed by atoms with Gasteiger partial charge in [-0.05, 0) is 25.5 Å². The van der Waals surface area contributed by atoms with Crippen LogP contribution in [0, 0.1) is 18.4 Å². The summed E-state index contributed by atoms with van der Waals surface area (Å²) in [4.78, 5) is 4.12. The van der Waals surface area contributed by atoms with Crippen LogP contribution < -0.4 is 0 Å². The van der Waals surface area contributed by atoms with Crippen molar-refractivity contribution in [2.24, 2.45) is 4.36 Å². The Bertz CT molecular complexity index is 492. The molecule has 0 bridgehead atoms. The van der Waals surface area contributed by atoms with Crippen LogP contribution in [-0.4, -0.2) is 15.4 Å². The first-order chi connectivity index (χ1) is 6.97. The lowest BCUT2D eigenvalue weighted by atomic mass is 10.2. The van der Waals surface area contributed by atoms with E-state index in [1.54, 1.807) is 19.3 Å². The average Bonchev–Trinajstić information content (AvgIpc) is 2.18. The minimum absolute atomic E-state index is 0.287. The molecule has 0 saturated heterocycles. The molecule has 0 amide bonds. The van der Waals surface area contributed by atoms with E-state index < -0.39 is 9.73 Å². The number of hydrogen-bond donors (Lipinski definition) is 0. The van der Waals surface area contributed by atoms with Gasteiger partial charge in [0.05, 0.1) is 15.0 Å².